The lowest BCUT2D eigenvalue weighted by Gasteiger charge is -2.03. The van der Waals surface area contributed by atoms with E-state index in [1.165, 1.54) is 18.5 Å². The molecule has 0 aliphatic rings. The third-order valence-corrected chi connectivity index (χ3v) is 1.56. The van der Waals surface area contributed by atoms with Crippen LogP contribution in [0.2, 0.25) is 0 Å². The second kappa shape index (κ2) is 2.45. The molecule has 0 aliphatic carbocycles. The molecule has 0 saturated heterocycles. The Balaban J connectivity index is 2.72. The van der Waals surface area contributed by atoms with Crippen LogP contribution in [0.25, 0.3) is 5.65 Å². The highest BCUT2D eigenvalue weighted by Crippen LogP contribution is 2.27. The molecule has 0 amide bonds. The van der Waals surface area contributed by atoms with Crippen LogP contribution in [0.3, 0.4) is 0 Å². The molecule has 0 saturated carbocycles. The fourth-order valence-corrected chi connectivity index (χ4v) is 1.05. The highest BCUT2D eigenvalue weighted by molar-refractivity contribution is 5.36. The van der Waals surface area contributed by atoms with Crippen LogP contribution < -0.4 is 0 Å². The van der Waals surface area contributed by atoms with Crippen molar-refractivity contribution < 1.29 is 13.2 Å². The molecule has 2 aromatic rings. The third-order valence-electron chi connectivity index (χ3n) is 1.56. The van der Waals surface area contributed by atoms with Crippen molar-refractivity contribution in [2.45, 2.75) is 6.18 Å². The van der Waals surface area contributed by atoms with Crippen LogP contribution in [-0.4, -0.2) is 14.4 Å². The van der Waals surface area contributed by atoms with Crippen LogP contribution >= 0.6 is 0 Å². The highest BCUT2D eigenvalue weighted by atomic mass is 19.4. The summed E-state index contributed by atoms with van der Waals surface area (Å²) in [4.78, 5) is 6.96. The summed E-state index contributed by atoms with van der Waals surface area (Å²) in [6.45, 7) is 0. The Bertz CT molecular complexity index is 432. The number of alkyl halides is 3. The van der Waals surface area contributed by atoms with Gasteiger partial charge in [0.25, 0.3) is 0 Å². The van der Waals surface area contributed by atoms with Gasteiger partial charge in [-0.15, -0.1) is 0 Å². The summed E-state index contributed by atoms with van der Waals surface area (Å²) in [7, 11) is 0. The number of halogens is 3. The number of aromatic nitrogens is 3. The molecule has 0 aromatic carbocycles. The van der Waals surface area contributed by atoms with Crippen molar-refractivity contribution in [2.75, 3.05) is 0 Å². The van der Waals surface area contributed by atoms with Gasteiger partial charge in [0.1, 0.15) is 0 Å². The second-order valence-corrected chi connectivity index (χ2v) is 2.43. The summed E-state index contributed by atoms with van der Waals surface area (Å²) in [6, 6.07) is 1.42. The largest absolute Gasteiger partial charge is 0.450 e. The SMILES string of the molecule is FC(F)(F)c1ncc2ncccn12. The van der Waals surface area contributed by atoms with Crippen molar-refractivity contribution in [1.29, 1.82) is 0 Å². The van der Waals surface area contributed by atoms with Gasteiger partial charge in [-0.25, -0.2) is 9.97 Å². The van der Waals surface area contributed by atoms with Crippen LogP contribution in [0, 0.1) is 0 Å². The maximum atomic E-state index is 12.2. The van der Waals surface area contributed by atoms with Crippen molar-refractivity contribution in [1.82, 2.24) is 14.4 Å². The molecule has 0 atom stereocenters. The lowest BCUT2D eigenvalue weighted by Crippen LogP contribution is -2.10. The Labute approximate surface area is 70.9 Å². The predicted octanol–water partition coefficient (Wildman–Crippen LogP) is 1.75. The molecular weight excluding hydrogens is 183 g/mol. The van der Waals surface area contributed by atoms with E-state index in [1.807, 2.05) is 0 Å². The highest BCUT2D eigenvalue weighted by Gasteiger charge is 2.35. The van der Waals surface area contributed by atoms with Crippen LogP contribution in [0.4, 0.5) is 13.2 Å². The Morgan fingerprint density at radius 2 is 2.00 bits per heavy atom. The van der Waals surface area contributed by atoms with Crippen LogP contribution in [0.5, 0.6) is 0 Å². The molecule has 6 heteroatoms. The van der Waals surface area contributed by atoms with E-state index in [4.69, 9.17) is 0 Å². The fourth-order valence-electron chi connectivity index (χ4n) is 1.05. The van der Waals surface area contributed by atoms with Gasteiger partial charge in [0.15, 0.2) is 5.65 Å². The average molecular weight is 187 g/mol. The van der Waals surface area contributed by atoms with Crippen molar-refractivity contribution >= 4 is 5.65 Å². The van der Waals surface area contributed by atoms with E-state index < -0.39 is 12.0 Å². The molecule has 0 N–H and O–H groups in total. The fraction of sp³-hybridized carbons (Fsp3) is 0.143. The van der Waals surface area contributed by atoms with Gasteiger partial charge in [0, 0.05) is 12.4 Å². The van der Waals surface area contributed by atoms with Gasteiger partial charge in [-0.3, -0.25) is 4.40 Å². The van der Waals surface area contributed by atoms with E-state index in [9.17, 15) is 13.2 Å². The molecule has 0 radical (unpaired) electrons. The Hall–Kier alpha value is -1.59. The van der Waals surface area contributed by atoms with Gasteiger partial charge in [-0.1, -0.05) is 0 Å². The van der Waals surface area contributed by atoms with E-state index in [2.05, 4.69) is 9.97 Å². The van der Waals surface area contributed by atoms with Crippen LogP contribution in [0.1, 0.15) is 5.82 Å². The number of nitrogens with zero attached hydrogens (tertiary/aromatic N) is 3. The van der Waals surface area contributed by atoms with Crippen molar-refractivity contribution in [2.24, 2.45) is 0 Å². The summed E-state index contributed by atoms with van der Waals surface area (Å²) in [6.07, 6.45) is -0.659. The molecule has 2 heterocycles. The quantitative estimate of drug-likeness (QED) is 0.628. The Morgan fingerprint density at radius 3 is 2.69 bits per heavy atom. The molecule has 0 unspecified atom stereocenters. The van der Waals surface area contributed by atoms with Crippen LogP contribution in [0.15, 0.2) is 24.7 Å². The summed E-state index contributed by atoms with van der Waals surface area (Å²) >= 11 is 0. The molecule has 68 valence electrons. The van der Waals surface area contributed by atoms with Gasteiger partial charge < -0.3 is 0 Å². The maximum absolute atomic E-state index is 12.2. The van der Waals surface area contributed by atoms with Gasteiger partial charge in [-0.2, -0.15) is 13.2 Å². The lowest BCUT2D eigenvalue weighted by atomic mass is 10.5. The number of hydrogen-bond acceptors (Lipinski definition) is 2. The first-order valence-electron chi connectivity index (χ1n) is 3.44. The smallest absolute Gasteiger partial charge is 0.280 e. The van der Waals surface area contributed by atoms with Crippen molar-refractivity contribution in [3.63, 3.8) is 0 Å². The summed E-state index contributed by atoms with van der Waals surface area (Å²) in [5.41, 5.74) is 0.190. The average Bonchev–Trinajstić information content (AvgIpc) is 2.45. The third kappa shape index (κ3) is 1.24. The molecule has 2 rings (SSSR count). The van der Waals surface area contributed by atoms with Crippen LogP contribution in [-0.2, 0) is 6.18 Å². The maximum Gasteiger partial charge on any atom is 0.450 e. The minimum atomic E-state index is -4.44. The molecule has 13 heavy (non-hydrogen) atoms. The lowest BCUT2D eigenvalue weighted by molar-refractivity contribution is -0.145. The molecule has 2 aromatic heterocycles. The molecule has 0 spiro atoms. The minimum absolute atomic E-state index is 0.190. The topological polar surface area (TPSA) is 30.2 Å². The van der Waals surface area contributed by atoms with E-state index in [0.29, 0.717) is 0 Å². The van der Waals surface area contributed by atoms with Crippen molar-refractivity contribution in [3.8, 4) is 0 Å². The number of imidazole rings is 1. The first-order valence-corrected chi connectivity index (χ1v) is 3.44. The minimum Gasteiger partial charge on any atom is -0.280 e. The summed E-state index contributed by atoms with van der Waals surface area (Å²) in [5.74, 6) is -0.949. The zero-order valence-electron chi connectivity index (χ0n) is 6.28. The molecule has 0 fully saturated rings. The van der Waals surface area contributed by atoms with Gasteiger partial charge >= 0.3 is 6.18 Å². The van der Waals surface area contributed by atoms with Crippen molar-refractivity contribution in [3.05, 3.63) is 30.5 Å². The monoisotopic (exact) mass is 187 g/mol. The second-order valence-electron chi connectivity index (χ2n) is 2.43. The normalized spacial score (nSPS) is 12.2. The first kappa shape index (κ1) is 8.03. The zero-order chi connectivity index (χ0) is 9.47. The van der Waals surface area contributed by atoms with Gasteiger partial charge in [0.2, 0.25) is 5.82 Å². The van der Waals surface area contributed by atoms with Gasteiger partial charge in [0.05, 0.1) is 6.20 Å². The molecule has 3 nitrogen and oxygen atoms in total. The number of hydrogen-bond donors (Lipinski definition) is 0. The summed E-state index contributed by atoms with van der Waals surface area (Å²) in [5, 5.41) is 0. The molecule has 0 aliphatic heterocycles. The molecular formula is C7H4F3N3. The van der Waals surface area contributed by atoms with E-state index in [-0.39, 0.29) is 5.65 Å². The standard InChI is InChI=1S/C7H4F3N3/c8-7(9,10)6-12-4-5-11-2-1-3-13(5)6/h1-4H. The number of fused-ring (bicyclic) bond motifs is 1. The first-order chi connectivity index (χ1) is 6.09. The Morgan fingerprint density at radius 1 is 1.23 bits per heavy atom. The molecule has 0 bridgehead atoms. The zero-order valence-corrected chi connectivity index (χ0v) is 6.28. The van der Waals surface area contributed by atoms with E-state index >= 15 is 0 Å². The van der Waals surface area contributed by atoms with Gasteiger partial charge in [-0.05, 0) is 6.07 Å². The Kier molecular flexibility index (Phi) is 1.51. The summed E-state index contributed by atoms with van der Waals surface area (Å²) < 4.78 is 37.6. The van der Waals surface area contributed by atoms with E-state index in [0.717, 1.165) is 10.6 Å². The van der Waals surface area contributed by atoms with E-state index in [1.54, 1.807) is 0 Å². The number of rotatable bonds is 0. The predicted molar refractivity (Wildman–Crippen MR) is 38.0 cm³/mol.